The molecule has 2 aromatic carbocycles. The Morgan fingerprint density at radius 3 is 2.57 bits per heavy atom. The van der Waals surface area contributed by atoms with Gasteiger partial charge in [-0.3, -0.25) is 0 Å². The van der Waals surface area contributed by atoms with E-state index in [-0.39, 0.29) is 26.6 Å². The molecular formula is C23H25ClN2O3Se. The standard InChI is InChI=1S/C23H25ClN2O3Se/c1-15(2)29-20-9-8-18(12-19(20)24)23-26-14-21(30-23)17-6-4-16(5-7-17)13-25-11-10-22(27)28-3/h4-9,12,14-15,25H,10-11,13H2,1-3H3. The van der Waals surface area contributed by atoms with E-state index < -0.39 is 0 Å². The van der Waals surface area contributed by atoms with Crippen LogP contribution in [-0.4, -0.2) is 45.2 Å². The number of benzene rings is 2. The minimum absolute atomic E-state index is 0.0840. The fourth-order valence-electron chi connectivity index (χ4n) is 2.84. The predicted molar refractivity (Wildman–Crippen MR) is 121 cm³/mol. The quantitative estimate of drug-likeness (QED) is 0.270. The van der Waals surface area contributed by atoms with Crippen LogP contribution >= 0.6 is 11.6 Å². The van der Waals surface area contributed by atoms with E-state index in [1.54, 1.807) is 0 Å². The first kappa shape index (κ1) is 22.6. The third-order valence-corrected chi connectivity index (χ3v) is 6.94. The number of ether oxygens (including phenoxy) is 2. The van der Waals surface area contributed by atoms with Crippen LogP contribution in [0.3, 0.4) is 0 Å². The van der Waals surface area contributed by atoms with Gasteiger partial charge in [-0.05, 0) is 0 Å². The van der Waals surface area contributed by atoms with E-state index in [1.165, 1.54) is 22.7 Å². The molecule has 0 aliphatic rings. The SMILES string of the molecule is COC(=O)CCNCc1ccc(-c2cnc(-c3ccc(OC(C)C)c(Cl)c3)[se]2)cc1. The van der Waals surface area contributed by atoms with Gasteiger partial charge in [-0.25, -0.2) is 0 Å². The molecule has 1 heterocycles. The van der Waals surface area contributed by atoms with E-state index in [0.717, 1.165) is 10.1 Å². The Morgan fingerprint density at radius 2 is 1.90 bits per heavy atom. The van der Waals surface area contributed by atoms with Crippen LogP contribution in [0, 0.1) is 0 Å². The average Bonchev–Trinajstić information content (AvgIpc) is 3.23. The summed E-state index contributed by atoms with van der Waals surface area (Å²) in [5.74, 6) is 0.498. The number of carbonyl (C=O) groups is 1. The monoisotopic (exact) mass is 492 g/mol. The van der Waals surface area contributed by atoms with Crippen molar-refractivity contribution in [2.45, 2.75) is 32.9 Å². The summed E-state index contributed by atoms with van der Waals surface area (Å²) in [5, 5.41) is 3.86. The van der Waals surface area contributed by atoms with E-state index in [9.17, 15) is 4.79 Å². The summed E-state index contributed by atoms with van der Waals surface area (Å²) in [4.78, 5) is 15.8. The molecule has 0 fully saturated rings. The van der Waals surface area contributed by atoms with Gasteiger partial charge < -0.3 is 0 Å². The van der Waals surface area contributed by atoms with Crippen molar-refractivity contribution in [1.82, 2.24) is 10.3 Å². The zero-order valence-corrected chi connectivity index (χ0v) is 19.7. The van der Waals surface area contributed by atoms with Crippen LogP contribution in [0.25, 0.3) is 20.1 Å². The van der Waals surface area contributed by atoms with Gasteiger partial charge in [0, 0.05) is 0 Å². The van der Waals surface area contributed by atoms with Crippen molar-refractivity contribution >= 4 is 32.1 Å². The van der Waals surface area contributed by atoms with Gasteiger partial charge in [-0.15, -0.1) is 0 Å². The third kappa shape index (κ3) is 6.19. The van der Waals surface area contributed by atoms with E-state index in [0.29, 0.717) is 30.3 Å². The zero-order chi connectivity index (χ0) is 21.5. The molecule has 1 N–H and O–H groups in total. The number of hydrogen-bond acceptors (Lipinski definition) is 5. The summed E-state index contributed by atoms with van der Waals surface area (Å²) >= 11 is 6.49. The number of aromatic nitrogens is 1. The Morgan fingerprint density at radius 1 is 1.17 bits per heavy atom. The fraction of sp³-hybridized carbons (Fsp3) is 0.304. The average molecular weight is 492 g/mol. The topological polar surface area (TPSA) is 60.5 Å². The Labute approximate surface area is 188 Å². The Bertz CT molecular complexity index is 986. The molecule has 7 heteroatoms. The van der Waals surface area contributed by atoms with Crippen LogP contribution in [-0.2, 0) is 16.1 Å². The first-order chi connectivity index (χ1) is 14.5. The molecule has 0 spiro atoms. The molecule has 0 amide bonds. The molecule has 0 bridgehead atoms. The normalized spacial score (nSPS) is 11.0. The minimum atomic E-state index is -0.201. The van der Waals surface area contributed by atoms with Gasteiger partial charge in [0.15, 0.2) is 0 Å². The van der Waals surface area contributed by atoms with Gasteiger partial charge in [0.1, 0.15) is 0 Å². The fourth-order valence-corrected chi connectivity index (χ4v) is 4.99. The van der Waals surface area contributed by atoms with Crippen LogP contribution in [0.4, 0.5) is 0 Å². The molecule has 3 rings (SSSR count). The first-order valence-electron chi connectivity index (χ1n) is 9.75. The Hall–Kier alpha value is -2.11. The molecule has 30 heavy (non-hydrogen) atoms. The molecule has 0 atom stereocenters. The van der Waals surface area contributed by atoms with Gasteiger partial charge in [-0.2, -0.15) is 0 Å². The van der Waals surface area contributed by atoms with Crippen LogP contribution in [0.5, 0.6) is 5.75 Å². The number of nitrogens with one attached hydrogen (secondary N) is 1. The molecule has 0 saturated heterocycles. The first-order valence-corrected chi connectivity index (χ1v) is 11.8. The van der Waals surface area contributed by atoms with Crippen molar-refractivity contribution in [3.63, 3.8) is 0 Å². The number of hydrogen-bond donors (Lipinski definition) is 1. The summed E-state index contributed by atoms with van der Waals surface area (Å²) in [6.07, 6.45) is 2.41. The number of carbonyl (C=O) groups excluding carboxylic acids is 1. The number of rotatable bonds is 9. The van der Waals surface area contributed by atoms with Crippen molar-refractivity contribution < 1.29 is 14.3 Å². The molecule has 0 unspecified atom stereocenters. The Balaban J connectivity index is 1.63. The van der Waals surface area contributed by atoms with Crippen molar-refractivity contribution in [3.8, 4) is 25.9 Å². The number of esters is 1. The van der Waals surface area contributed by atoms with Crippen molar-refractivity contribution in [3.05, 3.63) is 59.2 Å². The van der Waals surface area contributed by atoms with E-state index in [4.69, 9.17) is 16.3 Å². The van der Waals surface area contributed by atoms with E-state index >= 15 is 0 Å². The van der Waals surface area contributed by atoms with E-state index in [2.05, 4.69) is 39.3 Å². The molecule has 5 nitrogen and oxygen atoms in total. The number of halogens is 1. The van der Waals surface area contributed by atoms with Gasteiger partial charge in [0.25, 0.3) is 0 Å². The molecule has 0 aliphatic carbocycles. The van der Waals surface area contributed by atoms with Crippen LogP contribution in [0.2, 0.25) is 5.02 Å². The molecular weight excluding hydrogens is 467 g/mol. The van der Waals surface area contributed by atoms with Gasteiger partial charge in [0.2, 0.25) is 0 Å². The van der Waals surface area contributed by atoms with Crippen molar-refractivity contribution in [2.24, 2.45) is 0 Å². The number of nitrogens with zero attached hydrogens (tertiary/aromatic N) is 1. The molecule has 0 radical (unpaired) electrons. The van der Waals surface area contributed by atoms with Crippen LogP contribution < -0.4 is 10.1 Å². The summed E-state index contributed by atoms with van der Waals surface area (Å²) < 4.78 is 12.6. The second kappa shape index (κ2) is 10.8. The van der Waals surface area contributed by atoms with Gasteiger partial charge in [0.05, 0.1) is 0 Å². The maximum atomic E-state index is 11.1. The summed E-state index contributed by atoms with van der Waals surface area (Å²) in [6, 6.07) is 14.3. The number of methoxy groups -OCH3 is 1. The molecule has 158 valence electrons. The summed E-state index contributed by atoms with van der Waals surface area (Å²) in [6.45, 7) is 5.28. The van der Waals surface area contributed by atoms with Gasteiger partial charge >= 0.3 is 188 Å². The molecule has 1 aromatic heterocycles. The summed E-state index contributed by atoms with van der Waals surface area (Å²) in [5.41, 5.74) is 3.38. The summed E-state index contributed by atoms with van der Waals surface area (Å²) in [7, 11) is 1.40. The van der Waals surface area contributed by atoms with Crippen LogP contribution in [0.1, 0.15) is 25.8 Å². The molecule has 0 saturated carbocycles. The second-order valence-electron chi connectivity index (χ2n) is 7.04. The zero-order valence-electron chi connectivity index (χ0n) is 17.3. The third-order valence-electron chi connectivity index (χ3n) is 4.35. The second-order valence-corrected chi connectivity index (χ2v) is 9.61. The van der Waals surface area contributed by atoms with Crippen molar-refractivity contribution in [2.75, 3.05) is 13.7 Å². The van der Waals surface area contributed by atoms with Crippen LogP contribution in [0.15, 0.2) is 48.7 Å². The molecule has 3 aromatic rings. The maximum absolute atomic E-state index is 11.1. The molecule has 0 aliphatic heterocycles. The predicted octanol–water partition coefficient (Wildman–Crippen LogP) is 4.57. The van der Waals surface area contributed by atoms with Gasteiger partial charge in [-0.1, -0.05) is 0 Å². The van der Waals surface area contributed by atoms with E-state index in [1.807, 2.05) is 38.2 Å². The Kier molecular flexibility index (Phi) is 8.11. The van der Waals surface area contributed by atoms with Crippen molar-refractivity contribution in [1.29, 1.82) is 0 Å².